The lowest BCUT2D eigenvalue weighted by Gasteiger charge is -2.18. The molecule has 9 heteroatoms. The molecule has 2 aromatic carbocycles. The highest BCUT2D eigenvalue weighted by Crippen LogP contribution is 2.41. The number of ether oxygens (including phenoxy) is 3. The second kappa shape index (κ2) is 12.2. The Morgan fingerprint density at radius 2 is 1.78 bits per heavy atom. The first-order valence-electron chi connectivity index (χ1n) is 11.7. The van der Waals surface area contributed by atoms with Gasteiger partial charge in [-0.15, -0.1) is 0 Å². The molecular formula is C28H30INO6S. The van der Waals surface area contributed by atoms with Crippen molar-refractivity contribution in [2.24, 2.45) is 4.99 Å². The molecule has 0 saturated heterocycles. The van der Waals surface area contributed by atoms with Crippen molar-refractivity contribution in [1.82, 2.24) is 0 Å². The van der Waals surface area contributed by atoms with Gasteiger partial charge in [-0.1, -0.05) is 44.7 Å². The van der Waals surface area contributed by atoms with Crippen LogP contribution in [0.1, 0.15) is 56.1 Å². The van der Waals surface area contributed by atoms with E-state index in [4.69, 9.17) is 14.2 Å². The maximum atomic E-state index is 13.0. The highest BCUT2D eigenvalue weighted by Gasteiger charge is 2.34. The molecule has 0 saturated carbocycles. The van der Waals surface area contributed by atoms with Gasteiger partial charge in [0.15, 0.2) is 11.5 Å². The van der Waals surface area contributed by atoms with Gasteiger partial charge in [0.1, 0.15) is 16.4 Å². The van der Waals surface area contributed by atoms with E-state index in [1.807, 2.05) is 25.1 Å². The number of hydrogen-bond acceptors (Lipinski definition) is 7. The summed E-state index contributed by atoms with van der Waals surface area (Å²) in [5, 5.41) is 11.0. The van der Waals surface area contributed by atoms with E-state index in [1.165, 1.54) is 0 Å². The van der Waals surface area contributed by atoms with Gasteiger partial charge >= 0.3 is 5.97 Å². The summed E-state index contributed by atoms with van der Waals surface area (Å²) >= 11 is 3.18. The van der Waals surface area contributed by atoms with Crippen molar-refractivity contribution in [2.75, 3.05) is 20.3 Å². The van der Waals surface area contributed by atoms with Crippen LogP contribution in [0.5, 0.6) is 11.5 Å². The van der Waals surface area contributed by atoms with E-state index in [0.29, 0.717) is 34.1 Å². The molecule has 1 amide bonds. The summed E-state index contributed by atoms with van der Waals surface area (Å²) in [7, 11) is 1.55. The third-order valence-electron chi connectivity index (χ3n) is 5.41. The summed E-state index contributed by atoms with van der Waals surface area (Å²) in [6, 6.07) is 10.9. The summed E-state index contributed by atoms with van der Waals surface area (Å²) in [5.41, 5.74) is 1.99. The molecule has 0 radical (unpaired) electrons. The molecule has 1 N–H and O–H groups in total. The van der Waals surface area contributed by atoms with Crippen LogP contribution in [0.25, 0.3) is 6.08 Å². The van der Waals surface area contributed by atoms with Crippen LogP contribution in [0.15, 0.2) is 57.6 Å². The molecule has 0 aliphatic carbocycles. The lowest BCUT2D eigenvalue weighted by Crippen LogP contribution is -2.14. The molecule has 0 bridgehead atoms. The smallest absolute Gasteiger partial charge is 0.344 e. The summed E-state index contributed by atoms with van der Waals surface area (Å²) in [6.07, 6.45) is 1.70. The van der Waals surface area contributed by atoms with Crippen LogP contribution in [0, 0.1) is 3.57 Å². The standard InChI is InChI=1S/C28H30INO6S/c1-7-35-24-19(29)13-16(14-20(24)34-6)15-21-23(31)22(27(33)36-8-2)26(37-21)30-25(32)17-9-11-18(12-10-17)28(3,4)5/h9-15,31H,7-8H2,1-6H3/b21-15+,30-26?. The topological polar surface area (TPSA) is 94.4 Å². The van der Waals surface area contributed by atoms with Crippen molar-refractivity contribution in [3.05, 3.63) is 72.9 Å². The number of halogens is 1. The van der Waals surface area contributed by atoms with E-state index >= 15 is 0 Å². The van der Waals surface area contributed by atoms with Gasteiger partial charge in [0, 0.05) is 5.56 Å². The fourth-order valence-electron chi connectivity index (χ4n) is 3.52. The van der Waals surface area contributed by atoms with E-state index in [2.05, 4.69) is 48.4 Å². The molecule has 0 atom stereocenters. The summed E-state index contributed by atoms with van der Waals surface area (Å²) in [6.45, 7) is 10.4. The Hall–Kier alpha value is -2.79. The van der Waals surface area contributed by atoms with E-state index in [-0.39, 0.29) is 28.4 Å². The summed E-state index contributed by atoms with van der Waals surface area (Å²) in [5.74, 6) is -0.383. The fraction of sp³-hybridized carbons (Fsp3) is 0.321. The van der Waals surface area contributed by atoms with Gasteiger partial charge in [-0.3, -0.25) is 4.79 Å². The summed E-state index contributed by atoms with van der Waals surface area (Å²) in [4.78, 5) is 30.2. The normalized spacial score (nSPS) is 15.9. The van der Waals surface area contributed by atoms with Crippen LogP contribution in [0.3, 0.4) is 0 Å². The maximum Gasteiger partial charge on any atom is 0.344 e. The molecule has 0 unspecified atom stereocenters. The second-order valence-electron chi connectivity index (χ2n) is 9.07. The molecule has 7 nitrogen and oxygen atoms in total. The Morgan fingerprint density at radius 3 is 2.35 bits per heavy atom. The quantitative estimate of drug-likeness (QED) is 0.268. The van der Waals surface area contributed by atoms with Crippen molar-refractivity contribution in [2.45, 2.75) is 40.0 Å². The minimum absolute atomic E-state index is 0.0541. The molecule has 0 aromatic heterocycles. The van der Waals surface area contributed by atoms with Gasteiger partial charge in [-0.2, -0.15) is 0 Å². The van der Waals surface area contributed by atoms with Gasteiger partial charge in [-0.25, -0.2) is 9.79 Å². The largest absolute Gasteiger partial charge is 0.506 e. The Bertz CT molecular complexity index is 1290. The number of carbonyl (C=O) groups excluding carboxylic acids is 2. The molecule has 37 heavy (non-hydrogen) atoms. The zero-order valence-corrected chi connectivity index (χ0v) is 24.7. The molecule has 1 aliphatic rings. The van der Waals surface area contributed by atoms with Crippen molar-refractivity contribution in [3.8, 4) is 11.5 Å². The number of aliphatic hydroxyl groups is 1. The van der Waals surface area contributed by atoms with Crippen molar-refractivity contribution < 1.29 is 28.9 Å². The number of aliphatic hydroxyl groups excluding tert-OH is 1. The first-order valence-corrected chi connectivity index (χ1v) is 13.6. The fourth-order valence-corrected chi connectivity index (χ4v) is 5.31. The number of esters is 1. The third kappa shape index (κ3) is 6.75. The monoisotopic (exact) mass is 635 g/mol. The summed E-state index contributed by atoms with van der Waals surface area (Å²) < 4.78 is 17.1. The Morgan fingerprint density at radius 1 is 1.11 bits per heavy atom. The third-order valence-corrected chi connectivity index (χ3v) is 7.23. The van der Waals surface area contributed by atoms with Crippen LogP contribution in [-0.2, 0) is 14.9 Å². The van der Waals surface area contributed by atoms with Crippen LogP contribution in [0.4, 0.5) is 0 Å². The number of nitrogens with zero attached hydrogens (tertiary/aromatic N) is 1. The Labute approximate surface area is 235 Å². The van der Waals surface area contributed by atoms with Crippen LogP contribution in [-0.4, -0.2) is 42.4 Å². The molecule has 2 aromatic rings. The Kier molecular flexibility index (Phi) is 9.46. The number of carbonyl (C=O) groups is 2. The van der Waals surface area contributed by atoms with Crippen molar-refractivity contribution in [3.63, 3.8) is 0 Å². The molecule has 3 rings (SSSR count). The number of methoxy groups -OCH3 is 1. The lowest BCUT2D eigenvalue weighted by molar-refractivity contribution is -0.138. The van der Waals surface area contributed by atoms with Gasteiger partial charge < -0.3 is 19.3 Å². The number of rotatable bonds is 7. The predicted molar refractivity (Wildman–Crippen MR) is 156 cm³/mol. The average Bonchev–Trinajstić information content (AvgIpc) is 3.14. The van der Waals surface area contributed by atoms with Gasteiger partial charge in [0.25, 0.3) is 5.91 Å². The first kappa shape index (κ1) is 28.8. The minimum atomic E-state index is -0.746. The maximum absolute atomic E-state index is 13.0. The Balaban J connectivity index is 2.01. The SMILES string of the molecule is CCOC(=O)C1=C(O)/C(=C\c2cc(I)c(OCC)c(OC)c2)SC1=NC(=O)c1ccc(C(C)(C)C)cc1. The first-order chi connectivity index (χ1) is 17.5. The molecule has 0 spiro atoms. The van der Waals surface area contributed by atoms with Crippen LogP contribution in [0.2, 0.25) is 0 Å². The van der Waals surface area contributed by atoms with E-state index < -0.39 is 11.9 Å². The predicted octanol–water partition coefficient (Wildman–Crippen LogP) is 6.70. The number of benzene rings is 2. The average molecular weight is 636 g/mol. The zero-order valence-electron chi connectivity index (χ0n) is 21.7. The highest BCUT2D eigenvalue weighted by molar-refractivity contribution is 14.1. The number of amides is 1. The number of aliphatic imine (C=N–C) groups is 1. The van der Waals surface area contributed by atoms with Gasteiger partial charge in [0.05, 0.1) is 28.8 Å². The zero-order chi connectivity index (χ0) is 27.3. The molecular weight excluding hydrogens is 605 g/mol. The minimum Gasteiger partial charge on any atom is -0.506 e. The van der Waals surface area contributed by atoms with E-state index in [9.17, 15) is 14.7 Å². The van der Waals surface area contributed by atoms with Crippen molar-refractivity contribution >= 4 is 57.3 Å². The van der Waals surface area contributed by atoms with Crippen molar-refractivity contribution in [1.29, 1.82) is 0 Å². The van der Waals surface area contributed by atoms with Gasteiger partial charge in [-0.05, 0) is 83.3 Å². The van der Waals surface area contributed by atoms with E-state index in [1.54, 1.807) is 38.3 Å². The van der Waals surface area contributed by atoms with Crippen LogP contribution < -0.4 is 9.47 Å². The number of hydrogen-bond donors (Lipinski definition) is 1. The number of thioether (sulfide) groups is 1. The van der Waals surface area contributed by atoms with Crippen LogP contribution >= 0.6 is 34.4 Å². The molecule has 0 fully saturated rings. The lowest BCUT2D eigenvalue weighted by atomic mass is 9.87. The molecule has 196 valence electrons. The van der Waals surface area contributed by atoms with E-state index in [0.717, 1.165) is 20.9 Å². The highest BCUT2D eigenvalue weighted by atomic mass is 127. The molecule has 1 heterocycles. The second-order valence-corrected chi connectivity index (χ2v) is 11.3. The van der Waals surface area contributed by atoms with Gasteiger partial charge in [0.2, 0.25) is 0 Å². The molecule has 1 aliphatic heterocycles.